The lowest BCUT2D eigenvalue weighted by atomic mass is 9.96. The first kappa shape index (κ1) is 14.2. The third-order valence-electron chi connectivity index (χ3n) is 1.96. The Kier molecular flexibility index (Phi) is 10.3. The summed E-state index contributed by atoms with van der Waals surface area (Å²) in [4.78, 5) is 10.9. The molecule has 2 atom stereocenters. The van der Waals surface area contributed by atoms with Crippen LogP contribution in [0, 0.1) is 5.92 Å². The Morgan fingerprint density at radius 1 is 1.42 bits per heavy atom. The molecule has 2 nitrogen and oxygen atoms in total. The number of ketones is 1. The van der Waals surface area contributed by atoms with E-state index >= 15 is 0 Å². The number of Topliss-reactive ketones (excluding diaryl/α,β-unsaturated/α-hetero) is 1. The fourth-order valence-electron chi connectivity index (χ4n) is 1.12. The molecule has 0 saturated heterocycles. The standard InChI is InChI=1S/C8H17NO.C2H6/c1-5-6(2)8(9-4)7(3)10;1-2/h6,8-9H,5H2,1-4H3;1-2H3. The van der Waals surface area contributed by atoms with Gasteiger partial charge in [0.2, 0.25) is 0 Å². The van der Waals surface area contributed by atoms with Crippen molar-refractivity contribution in [2.24, 2.45) is 5.92 Å². The monoisotopic (exact) mass is 173 g/mol. The van der Waals surface area contributed by atoms with Crippen molar-refractivity contribution in [1.29, 1.82) is 0 Å². The average Bonchev–Trinajstić information content (AvgIpc) is 2.08. The van der Waals surface area contributed by atoms with Gasteiger partial charge in [-0.1, -0.05) is 34.1 Å². The van der Waals surface area contributed by atoms with Crippen LogP contribution in [-0.4, -0.2) is 18.9 Å². The molecule has 0 aliphatic carbocycles. The summed E-state index contributed by atoms with van der Waals surface area (Å²) in [5.74, 6) is 0.680. The first-order valence-electron chi connectivity index (χ1n) is 4.81. The topological polar surface area (TPSA) is 29.1 Å². The highest BCUT2D eigenvalue weighted by Crippen LogP contribution is 2.07. The smallest absolute Gasteiger partial charge is 0.146 e. The quantitative estimate of drug-likeness (QED) is 0.706. The van der Waals surface area contributed by atoms with Gasteiger partial charge >= 0.3 is 0 Å². The van der Waals surface area contributed by atoms with Crippen LogP contribution in [0.2, 0.25) is 0 Å². The highest BCUT2D eigenvalue weighted by Gasteiger charge is 2.17. The Bertz CT molecular complexity index is 112. The number of carbonyl (C=O) groups is 1. The molecule has 0 bridgehead atoms. The Balaban J connectivity index is 0. The molecule has 0 fully saturated rings. The maximum absolute atomic E-state index is 10.9. The van der Waals surface area contributed by atoms with Crippen molar-refractivity contribution in [1.82, 2.24) is 5.32 Å². The van der Waals surface area contributed by atoms with Gasteiger partial charge in [-0.2, -0.15) is 0 Å². The van der Waals surface area contributed by atoms with Crippen LogP contribution in [0.5, 0.6) is 0 Å². The van der Waals surface area contributed by atoms with E-state index in [9.17, 15) is 4.79 Å². The lowest BCUT2D eigenvalue weighted by Gasteiger charge is -2.18. The van der Waals surface area contributed by atoms with Crippen LogP contribution in [0.15, 0.2) is 0 Å². The number of hydrogen-bond acceptors (Lipinski definition) is 2. The highest BCUT2D eigenvalue weighted by atomic mass is 16.1. The molecule has 0 rings (SSSR count). The van der Waals surface area contributed by atoms with Crippen LogP contribution in [0.4, 0.5) is 0 Å². The van der Waals surface area contributed by atoms with Crippen molar-refractivity contribution < 1.29 is 4.79 Å². The molecule has 0 aliphatic heterocycles. The summed E-state index contributed by atoms with van der Waals surface area (Å²) in [6.45, 7) is 9.81. The summed E-state index contributed by atoms with van der Waals surface area (Å²) in [5, 5.41) is 3.00. The lowest BCUT2D eigenvalue weighted by Crippen LogP contribution is -2.37. The van der Waals surface area contributed by atoms with Gasteiger partial charge in [0, 0.05) is 0 Å². The first-order chi connectivity index (χ1) is 5.63. The molecule has 0 aromatic heterocycles. The Hall–Kier alpha value is -0.370. The van der Waals surface area contributed by atoms with Gasteiger partial charge in [0.1, 0.15) is 5.78 Å². The summed E-state index contributed by atoms with van der Waals surface area (Å²) < 4.78 is 0. The molecule has 0 heterocycles. The Labute approximate surface area is 76.7 Å². The highest BCUT2D eigenvalue weighted by molar-refractivity contribution is 5.81. The minimum atomic E-state index is 0.0463. The van der Waals surface area contributed by atoms with E-state index in [4.69, 9.17) is 0 Å². The second-order valence-electron chi connectivity index (χ2n) is 2.76. The molecule has 0 amide bonds. The van der Waals surface area contributed by atoms with Gasteiger partial charge in [-0.3, -0.25) is 4.79 Å². The van der Waals surface area contributed by atoms with E-state index in [0.29, 0.717) is 5.92 Å². The second-order valence-corrected chi connectivity index (χ2v) is 2.76. The summed E-state index contributed by atoms with van der Waals surface area (Å²) in [7, 11) is 1.83. The molecule has 0 aliphatic rings. The number of carbonyl (C=O) groups excluding carboxylic acids is 1. The van der Waals surface area contributed by atoms with Gasteiger partial charge in [-0.05, 0) is 19.9 Å². The second kappa shape index (κ2) is 8.72. The maximum atomic E-state index is 10.9. The van der Waals surface area contributed by atoms with Crippen molar-refractivity contribution in [3.63, 3.8) is 0 Å². The van der Waals surface area contributed by atoms with Gasteiger partial charge in [0.05, 0.1) is 6.04 Å². The van der Waals surface area contributed by atoms with Crippen LogP contribution in [0.1, 0.15) is 41.0 Å². The molecular weight excluding hydrogens is 150 g/mol. The predicted octanol–water partition coefficient (Wildman–Crippen LogP) is 2.24. The van der Waals surface area contributed by atoms with Crippen LogP contribution in [-0.2, 0) is 4.79 Å². The minimum absolute atomic E-state index is 0.0463. The van der Waals surface area contributed by atoms with E-state index in [2.05, 4.69) is 19.2 Å². The number of rotatable bonds is 4. The lowest BCUT2D eigenvalue weighted by molar-refractivity contribution is -0.119. The Morgan fingerprint density at radius 3 is 1.92 bits per heavy atom. The van der Waals surface area contributed by atoms with Crippen LogP contribution >= 0.6 is 0 Å². The van der Waals surface area contributed by atoms with Gasteiger partial charge in [0.15, 0.2) is 0 Å². The normalized spacial score (nSPS) is 14.2. The fraction of sp³-hybridized carbons (Fsp3) is 0.900. The summed E-state index contributed by atoms with van der Waals surface area (Å²) >= 11 is 0. The van der Waals surface area contributed by atoms with Crippen molar-refractivity contribution in [3.05, 3.63) is 0 Å². The summed E-state index contributed by atoms with van der Waals surface area (Å²) in [5.41, 5.74) is 0. The molecule has 0 aromatic rings. The minimum Gasteiger partial charge on any atom is -0.310 e. The summed E-state index contributed by atoms with van der Waals surface area (Å²) in [6.07, 6.45) is 1.05. The van der Waals surface area contributed by atoms with Crippen molar-refractivity contribution in [2.45, 2.75) is 47.1 Å². The van der Waals surface area contributed by atoms with E-state index in [1.165, 1.54) is 0 Å². The Morgan fingerprint density at radius 2 is 1.83 bits per heavy atom. The van der Waals surface area contributed by atoms with E-state index in [1.807, 2.05) is 20.9 Å². The van der Waals surface area contributed by atoms with Crippen LogP contribution in [0.3, 0.4) is 0 Å². The average molecular weight is 173 g/mol. The molecule has 0 spiro atoms. The first-order valence-corrected chi connectivity index (χ1v) is 4.81. The van der Waals surface area contributed by atoms with E-state index in [1.54, 1.807) is 6.92 Å². The molecule has 12 heavy (non-hydrogen) atoms. The molecule has 2 heteroatoms. The molecule has 0 aromatic carbocycles. The molecule has 0 saturated carbocycles. The van der Waals surface area contributed by atoms with E-state index in [0.717, 1.165) is 6.42 Å². The fourth-order valence-corrected chi connectivity index (χ4v) is 1.12. The molecule has 0 radical (unpaired) electrons. The van der Waals surface area contributed by atoms with Crippen molar-refractivity contribution in [3.8, 4) is 0 Å². The van der Waals surface area contributed by atoms with Crippen LogP contribution in [0.25, 0.3) is 0 Å². The molecule has 1 N–H and O–H groups in total. The zero-order chi connectivity index (χ0) is 10.1. The number of nitrogens with one attached hydrogen (secondary N) is 1. The van der Waals surface area contributed by atoms with Crippen molar-refractivity contribution >= 4 is 5.78 Å². The van der Waals surface area contributed by atoms with Gasteiger partial charge in [0.25, 0.3) is 0 Å². The van der Waals surface area contributed by atoms with Gasteiger partial charge < -0.3 is 5.32 Å². The van der Waals surface area contributed by atoms with Gasteiger partial charge in [-0.15, -0.1) is 0 Å². The zero-order valence-electron chi connectivity index (χ0n) is 9.27. The third kappa shape index (κ3) is 5.30. The molecule has 2 unspecified atom stereocenters. The van der Waals surface area contributed by atoms with E-state index in [-0.39, 0.29) is 11.8 Å². The predicted molar refractivity (Wildman–Crippen MR) is 54.3 cm³/mol. The third-order valence-corrected chi connectivity index (χ3v) is 1.96. The number of hydrogen-bond donors (Lipinski definition) is 1. The SMILES string of the molecule is CC.CCC(C)C(NC)C(C)=O. The van der Waals surface area contributed by atoms with Gasteiger partial charge in [-0.25, -0.2) is 0 Å². The van der Waals surface area contributed by atoms with Crippen LogP contribution < -0.4 is 5.32 Å². The zero-order valence-corrected chi connectivity index (χ0v) is 9.27. The molecule has 74 valence electrons. The van der Waals surface area contributed by atoms with E-state index < -0.39 is 0 Å². The largest absolute Gasteiger partial charge is 0.310 e. The summed E-state index contributed by atoms with van der Waals surface area (Å²) in [6, 6.07) is 0.0463. The maximum Gasteiger partial charge on any atom is 0.146 e. The van der Waals surface area contributed by atoms with Crippen molar-refractivity contribution in [2.75, 3.05) is 7.05 Å². The number of likely N-dealkylation sites (N-methyl/N-ethyl adjacent to an activating group) is 1. The molecular formula is C10H23NO.